The van der Waals surface area contributed by atoms with Gasteiger partial charge in [0.25, 0.3) is 0 Å². The van der Waals surface area contributed by atoms with Crippen molar-refractivity contribution in [1.82, 2.24) is 4.98 Å². The van der Waals surface area contributed by atoms with Crippen LogP contribution in [0.5, 0.6) is 0 Å². The van der Waals surface area contributed by atoms with Crippen LogP contribution < -0.4 is 0 Å². The van der Waals surface area contributed by atoms with Crippen LogP contribution in [-0.2, 0) is 12.6 Å². The third kappa shape index (κ3) is 23.3. The van der Waals surface area contributed by atoms with Gasteiger partial charge >= 0.3 is 6.18 Å². The molecule has 0 saturated heterocycles. The Morgan fingerprint density at radius 3 is 1.67 bits per heavy atom. The minimum absolute atomic E-state index is 0.448. The van der Waals surface area contributed by atoms with Crippen molar-refractivity contribution in [2.45, 2.75) is 128 Å². The van der Waals surface area contributed by atoms with Gasteiger partial charge in [0.15, 0.2) is 11.6 Å². The summed E-state index contributed by atoms with van der Waals surface area (Å²) < 4.78 is 62.0. The molecule has 0 atom stereocenters. The molecule has 1 aromatic heterocycles. The quantitative estimate of drug-likeness (QED) is 0.135. The summed E-state index contributed by atoms with van der Waals surface area (Å²) in [5, 5.41) is 0. The molecule has 0 N–H and O–H groups in total. The van der Waals surface area contributed by atoms with Crippen molar-refractivity contribution in [3.05, 3.63) is 131 Å². The molecule has 3 rings (SSSR count). The maximum atomic E-state index is 12.4. The molecule has 0 fully saturated rings. The molecule has 0 aliphatic carbocycles. The monoisotopic (exact) mass is 713 g/mol. The van der Waals surface area contributed by atoms with E-state index in [1.165, 1.54) is 54.2 Å². The number of nitrogens with zero attached hydrogens (tertiary/aromatic N) is 1. The summed E-state index contributed by atoms with van der Waals surface area (Å²) >= 11 is 0. The van der Waals surface area contributed by atoms with Crippen LogP contribution >= 0.6 is 0 Å². The lowest BCUT2D eigenvalue weighted by Gasteiger charge is -2.19. The molecule has 51 heavy (non-hydrogen) atoms. The van der Waals surface area contributed by atoms with E-state index in [2.05, 4.69) is 86.5 Å². The average molecular weight is 714 g/mol. The number of hydrogen-bond donors (Lipinski definition) is 0. The zero-order valence-corrected chi connectivity index (χ0v) is 33.6. The van der Waals surface area contributed by atoms with E-state index >= 15 is 0 Å². The SMILES string of the molecule is C=C(C)C.C=C(C)c1ccc(-c2ccc(C(F)(F)F)cc2)nc1.CC/C=C(C)/C(C)=C(/C)CCC(C)(C)C.CCC.CCc1ccc(F)c(F)c1. The van der Waals surface area contributed by atoms with Crippen molar-refractivity contribution in [3.8, 4) is 11.3 Å². The fourth-order valence-corrected chi connectivity index (χ4v) is 3.95. The van der Waals surface area contributed by atoms with Crippen molar-refractivity contribution >= 4 is 5.57 Å². The molecule has 0 bridgehead atoms. The second kappa shape index (κ2) is 25.2. The highest BCUT2D eigenvalue weighted by molar-refractivity contribution is 5.65. The van der Waals surface area contributed by atoms with Crippen LogP contribution in [0.15, 0.2) is 102 Å². The molecule has 0 amide bonds. The lowest BCUT2D eigenvalue weighted by atomic mass is 9.87. The minimum Gasteiger partial charge on any atom is -0.256 e. The largest absolute Gasteiger partial charge is 0.416 e. The molecule has 3 aromatic rings. The number of benzene rings is 2. The number of aryl methyl sites for hydroxylation is 1. The Labute approximate surface area is 307 Å². The minimum atomic E-state index is -4.31. The Balaban J connectivity index is 0. The predicted octanol–water partition coefficient (Wildman–Crippen LogP) is 15.8. The summed E-state index contributed by atoms with van der Waals surface area (Å²) in [6.45, 7) is 35.2. The van der Waals surface area contributed by atoms with Gasteiger partial charge in [-0.3, -0.25) is 4.98 Å². The summed E-state index contributed by atoms with van der Waals surface area (Å²) in [6.07, 6.45) is 5.29. The maximum absolute atomic E-state index is 12.4. The lowest BCUT2D eigenvalue weighted by Crippen LogP contribution is -2.05. The highest BCUT2D eigenvalue weighted by Crippen LogP contribution is 2.31. The Morgan fingerprint density at radius 1 is 0.765 bits per heavy atom. The second-order valence-corrected chi connectivity index (χ2v) is 14.1. The normalized spacial score (nSPS) is 11.5. The first-order valence-electron chi connectivity index (χ1n) is 17.7. The second-order valence-electron chi connectivity index (χ2n) is 14.1. The van der Waals surface area contributed by atoms with E-state index in [0.717, 1.165) is 47.7 Å². The smallest absolute Gasteiger partial charge is 0.256 e. The number of aromatic nitrogens is 1. The van der Waals surface area contributed by atoms with Gasteiger partial charge in [-0.05, 0) is 125 Å². The molecule has 0 aliphatic heterocycles. The van der Waals surface area contributed by atoms with Crippen molar-refractivity contribution in [3.63, 3.8) is 0 Å². The van der Waals surface area contributed by atoms with E-state index in [1.54, 1.807) is 23.9 Å². The lowest BCUT2D eigenvalue weighted by molar-refractivity contribution is -0.137. The van der Waals surface area contributed by atoms with Gasteiger partial charge in [-0.25, -0.2) is 8.78 Å². The number of allylic oxidation sites excluding steroid dienone is 6. The van der Waals surface area contributed by atoms with Gasteiger partial charge in [0.2, 0.25) is 0 Å². The maximum Gasteiger partial charge on any atom is 0.416 e. The van der Waals surface area contributed by atoms with Crippen molar-refractivity contribution in [2.75, 3.05) is 0 Å². The standard InChI is InChI=1S/C15H12F3N.C15H28.C8H8F2.C4H8.C3H8/c1-10(2)12-5-8-14(19-9-12)11-3-6-13(7-4-11)15(16,17)18;1-8-9-12(2)14(4)13(3)10-11-15(5,6)7;1-2-6-3-4-7(9)8(10)5-6;1-4(2)3;1-3-2/h3-9H,1H2,2H3;9H,8,10-11H2,1-7H3;3-5H,2H2,1H3;1H2,2-3H3;3H2,1-2H3/b;12-9+,14-13-;;;. The Hall–Kier alpha value is -3.80. The van der Waals surface area contributed by atoms with Gasteiger partial charge in [-0.2, -0.15) is 13.2 Å². The zero-order valence-electron chi connectivity index (χ0n) is 33.6. The number of halogens is 5. The highest BCUT2D eigenvalue weighted by atomic mass is 19.4. The summed E-state index contributed by atoms with van der Waals surface area (Å²) in [5.74, 6) is -1.54. The van der Waals surface area contributed by atoms with Crippen molar-refractivity contribution < 1.29 is 22.0 Å². The molecule has 0 spiro atoms. The van der Waals surface area contributed by atoms with Crippen LogP contribution in [0.3, 0.4) is 0 Å². The van der Waals surface area contributed by atoms with E-state index in [0.29, 0.717) is 16.7 Å². The molecular weight excluding hydrogens is 649 g/mol. The molecular formula is C45H64F5N. The van der Waals surface area contributed by atoms with Crippen molar-refractivity contribution in [2.24, 2.45) is 5.41 Å². The zero-order chi connectivity index (χ0) is 39.9. The number of pyridine rings is 1. The fourth-order valence-electron chi connectivity index (χ4n) is 3.95. The van der Waals surface area contributed by atoms with Crippen LogP contribution in [0.1, 0.15) is 132 Å². The molecule has 1 heterocycles. The molecule has 6 heteroatoms. The van der Waals surface area contributed by atoms with E-state index in [4.69, 9.17) is 0 Å². The van der Waals surface area contributed by atoms with Gasteiger partial charge in [-0.1, -0.05) is 109 Å². The van der Waals surface area contributed by atoms with Crippen LogP contribution in [0.25, 0.3) is 16.8 Å². The third-order valence-corrected chi connectivity index (χ3v) is 7.15. The first-order chi connectivity index (χ1) is 23.5. The van der Waals surface area contributed by atoms with E-state index in [1.807, 2.05) is 33.8 Å². The summed E-state index contributed by atoms with van der Waals surface area (Å²) in [4.78, 5) is 4.22. The Morgan fingerprint density at radius 2 is 1.29 bits per heavy atom. The average Bonchev–Trinajstić information content (AvgIpc) is 3.04. The van der Waals surface area contributed by atoms with Crippen LogP contribution in [0, 0.1) is 17.0 Å². The number of rotatable bonds is 7. The van der Waals surface area contributed by atoms with Gasteiger partial charge in [0.1, 0.15) is 0 Å². The van der Waals surface area contributed by atoms with Gasteiger partial charge in [-0.15, -0.1) is 6.58 Å². The molecule has 2 aromatic carbocycles. The summed E-state index contributed by atoms with van der Waals surface area (Å²) in [6, 6.07) is 12.5. The molecule has 1 nitrogen and oxygen atoms in total. The molecule has 284 valence electrons. The summed E-state index contributed by atoms with van der Waals surface area (Å²) in [5.41, 5.74) is 9.36. The first kappa shape index (κ1) is 49.3. The van der Waals surface area contributed by atoms with Gasteiger partial charge < -0.3 is 0 Å². The van der Waals surface area contributed by atoms with Crippen LogP contribution in [-0.4, -0.2) is 4.98 Å². The summed E-state index contributed by atoms with van der Waals surface area (Å²) in [7, 11) is 0. The topological polar surface area (TPSA) is 12.9 Å². The van der Waals surface area contributed by atoms with Gasteiger partial charge in [0, 0.05) is 11.8 Å². The molecule has 0 unspecified atom stereocenters. The highest BCUT2D eigenvalue weighted by Gasteiger charge is 2.30. The fraction of sp³-hybridized carbons (Fsp3) is 0.444. The Bertz CT molecular complexity index is 1500. The Kier molecular flexibility index (Phi) is 24.4. The van der Waals surface area contributed by atoms with Crippen LogP contribution in [0.2, 0.25) is 0 Å². The molecule has 0 saturated carbocycles. The number of alkyl halides is 3. The third-order valence-electron chi connectivity index (χ3n) is 7.15. The van der Waals surface area contributed by atoms with E-state index < -0.39 is 23.4 Å². The van der Waals surface area contributed by atoms with Gasteiger partial charge in [0.05, 0.1) is 11.3 Å². The number of hydrogen-bond acceptors (Lipinski definition) is 1. The van der Waals surface area contributed by atoms with Crippen LogP contribution in [0.4, 0.5) is 22.0 Å². The molecule has 0 radical (unpaired) electrons. The van der Waals surface area contributed by atoms with E-state index in [-0.39, 0.29) is 0 Å². The predicted molar refractivity (Wildman–Crippen MR) is 213 cm³/mol. The van der Waals surface area contributed by atoms with E-state index in [9.17, 15) is 22.0 Å². The molecule has 0 aliphatic rings. The van der Waals surface area contributed by atoms with Crippen molar-refractivity contribution in [1.29, 1.82) is 0 Å². The first-order valence-corrected chi connectivity index (χ1v) is 17.7.